The molecule has 1 aromatic heterocycles. The number of anilines is 1. The van der Waals surface area contributed by atoms with E-state index in [0.717, 1.165) is 5.56 Å². The van der Waals surface area contributed by atoms with E-state index >= 15 is 0 Å². The van der Waals surface area contributed by atoms with Crippen LogP contribution in [0, 0.1) is 11.3 Å². The van der Waals surface area contributed by atoms with Crippen molar-refractivity contribution < 1.29 is 9.59 Å². The van der Waals surface area contributed by atoms with Crippen LogP contribution in [-0.4, -0.2) is 16.7 Å². The van der Waals surface area contributed by atoms with Gasteiger partial charge in [0.2, 0.25) is 5.91 Å². The van der Waals surface area contributed by atoms with Gasteiger partial charge in [0.05, 0.1) is 11.6 Å². The van der Waals surface area contributed by atoms with E-state index in [1.807, 2.05) is 6.07 Å². The molecule has 1 heterocycles. The van der Waals surface area contributed by atoms with Crippen LogP contribution in [0.15, 0.2) is 35.7 Å². The van der Waals surface area contributed by atoms with Gasteiger partial charge in [-0.1, -0.05) is 12.1 Å². The van der Waals surface area contributed by atoms with Crippen LogP contribution in [0.1, 0.15) is 28.5 Å². The molecule has 2 aromatic rings. The molecule has 1 N–H and O–H groups in total. The summed E-state index contributed by atoms with van der Waals surface area (Å²) in [6, 6.07) is 8.88. The first-order chi connectivity index (χ1) is 10.1. The fourth-order valence-corrected chi connectivity index (χ4v) is 2.23. The van der Waals surface area contributed by atoms with Crippen LogP contribution in [-0.2, 0) is 4.79 Å². The highest BCUT2D eigenvalue weighted by Gasteiger charge is 2.07. The average Bonchev–Trinajstić information content (AvgIpc) is 2.94. The van der Waals surface area contributed by atoms with Gasteiger partial charge < -0.3 is 0 Å². The van der Waals surface area contributed by atoms with Gasteiger partial charge in [-0.25, -0.2) is 4.98 Å². The normalized spacial score (nSPS) is 10.3. The summed E-state index contributed by atoms with van der Waals surface area (Å²) in [5, 5.41) is 13.3. The monoisotopic (exact) mass is 297 g/mol. The van der Waals surface area contributed by atoms with Gasteiger partial charge in [0.15, 0.2) is 10.9 Å². The van der Waals surface area contributed by atoms with Gasteiger partial charge in [0.1, 0.15) is 5.69 Å². The number of hydrogen-bond donors (Lipinski definition) is 1. The van der Waals surface area contributed by atoms with Crippen molar-refractivity contribution in [2.24, 2.45) is 0 Å². The highest BCUT2D eigenvalue weighted by molar-refractivity contribution is 7.14. The molecular weight excluding hydrogens is 286 g/mol. The van der Waals surface area contributed by atoms with Crippen LogP contribution in [0.25, 0.3) is 6.08 Å². The second-order valence-electron chi connectivity index (χ2n) is 4.15. The Morgan fingerprint density at radius 3 is 2.62 bits per heavy atom. The summed E-state index contributed by atoms with van der Waals surface area (Å²) < 4.78 is 0. The standard InChI is InChI=1S/C15H11N3O2S/c1-10(19)13-9-21-15(17-13)18-14(20)7-6-11-2-4-12(8-16)5-3-11/h2-7,9H,1H3,(H,17,18,20)/b7-6+. The minimum Gasteiger partial charge on any atom is -0.298 e. The van der Waals surface area contributed by atoms with Crippen molar-refractivity contribution in [3.63, 3.8) is 0 Å². The lowest BCUT2D eigenvalue weighted by molar-refractivity contribution is -0.111. The Labute approximate surface area is 125 Å². The number of aromatic nitrogens is 1. The summed E-state index contributed by atoms with van der Waals surface area (Å²) in [5.74, 6) is -0.469. The van der Waals surface area contributed by atoms with Gasteiger partial charge in [-0.05, 0) is 23.8 Å². The molecule has 5 nitrogen and oxygen atoms in total. The fourth-order valence-electron chi connectivity index (χ4n) is 1.48. The number of Topliss-reactive ketones (excluding diaryl/α,β-unsaturated/α-hetero) is 1. The first kappa shape index (κ1) is 14.6. The lowest BCUT2D eigenvalue weighted by Crippen LogP contribution is -2.07. The summed E-state index contributed by atoms with van der Waals surface area (Å²) in [4.78, 5) is 26.8. The predicted octanol–water partition coefficient (Wildman–Crippen LogP) is 2.87. The first-order valence-corrected chi connectivity index (χ1v) is 6.92. The number of nitriles is 1. The van der Waals surface area contributed by atoms with Gasteiger partial charge in [-0.3, -0.25) is 14.9 Å². The Morgan fingerprint density at radius 2 is 2.05 bits per heavy atom. The van der Waals surface area contributed by atoms with E-state index in [4.69, 9.17) is 5.26 Å². The smallest absolute Gasteiger partial charge is 0.250 e. The van der Waals surface area contributed by atoms with Crippen LogP contribution in [0.4, 0.5) is 5.13 Å². The molecule has 0 atom stereocenters. The zero-order valence-electron chi connectivity index (χ0n) is 11.2. The van der Waals surface area contributed by atoms with Crippen LogP contribution in [0.5, 0.6) is 0 Å². The number of rotatable bonds is 4. The van der Waals surface area contributed by atoms with Crippen molar-refractivity contribution in [1.29, 1.82) is 5.26 Å². The maximum atomic E-state index is 11.7. The number of nitrogens with one attached hydrogen (secondary N) is 1. The number of hydrogen-bond acceptors (Lipinski definition) is 5. The molecule has 0 saturated carbocycles. The first-order valence-electron chi connectivity index (χ1n) is 6.04. The molecule has 0 radical (unpaired) electrons. The molecule has 0 fully saturated rings. The molecule has 0 aliphatic carbocycles. The van der Waals surface area contributed by atoms with Crippen molar-refractivity contribution in [2.45, 2.75) is 6.92 Å². The number of amides is 1. The Hall–Kier alpha value is -2.78. The van der Waals surface area contributed by atoms with Crippen molar-refractivity contribution in [3.05, 3.63) is 52.5 Å². The molecule has 21 heavy (non-hydrogen) atoms. The summed E-state index contributed by atoms with van der Waals surface area (Å²) in [5.41, 5.74) is 1.72. The van der Waals surface area contributed by atoms with Crippen LogP contribution in [0.3, 0.4) is 0 Å². The Kier molecular flexibility index (Phi) is 4.59. The van der Waals surface area contributed by atoms with Gasteiger partial charge in [-0.15, -0.1) is 11.3 Å². The number of thiazole rings is 1. The predicted molar refractivity (Wildman–Crippen MR) is 80.9 cm³/mol. The topological polar surface area (TPSA) is 82.9 Å². The third-order valence-corrected chi connectivity index (χ3v) is 3.32. The minimum absolute atomic E-state index is 0.139. The third-order valence-electron chi connectivity index (χ3n) is 2.56. The summed E-state index contributed by atoms with van der Waals surface area (Å²) >= 11 is 1.20. The lowest BCUT2D eigenvalue weighted by atomic mass is 10.1. The molecule has 1 aromatic carbocycles. The van der Waals surface area contributed by atoms with Crippen molar-refractivity contribution in [2.75, 3.05) is 5.32 Å². The number of carbonyl (C=O) groups excluding carboxylic acids is 2. The maximum absolute atomic E-state index is 11.7. The molecule has 0 unspecified atom stereocenters. The molecule has 6 heteroatoms. The molecule has 0 aliphatic heterocycles. The molecule has 0 bridgehead atoms. The highest BCUT2D eigenvalue weighted by atomic mass is 32.1. The van der Waals surface area contributed by atoms with Gasteiger partial charge >= 0.3 is 0 Å². The molecule has 1 amide bonds. The molecule has 2 rings (SSSR count). The van der Waals surface area contributed by atoms with Crippen molar-refractivity contribution in [3.8, 4) is 6.07 Å². The summed E-state index contributed by atoms with van der Waals surface area (Å²) in [6.45, 7) is 1.42. The van der Waals surface area contributed by atoms with E-state index in [-0.39, 0.29) is 11.7 Å². The van der Waals surface area contributed by atoms with Gasteiger partial charge in [0.25, 0.3) is 0 Å². The highest BCUT2D eigenvalue weighted by Crippen LogP contribution is 2.15. The van der Waals surface area contributed by atoms with Crippen LogP contribution in [0.2, 0.25) is 0 Å². The van der Waals surface area contributed by atoms with Crippen LogP contribution >= 0.6 is 11.3 Å². The number of ketones is 1. The quantitative estimate of drug-likeness (QED) is 0.695. The molecular formula is C15H11N3O2S. The van der Waals surface area contributed by atoms with Crippen LogP contribution < -0.4 is 5.32 Å². The van der Waals surface area contributed by atoms with E-state index in [1.54, 1.807) is 35.7 Å². The van der Waals surface area contributed by atoms with E-state index < -0.39 is 0 Å². The fraction of sp³-hybridized carbons (Fsp3) is 0.0667. The maximum Gasteiger partial charge on any atom is 0.250 e. The van der Waals surface area contributed by atoms with E-state index in [9.17, 15) is 9.59 Å². The van der Waals surface area contributed by atoms with Crippen molar-refractivity contribution in [1.82, 2.24) is 4.98 Å². The third kappa shape index (κ3) is 4.09. The number of carbonyl (C=O) groups is 2. The minimum atomic E-state index is -0.330. The van der Waals surface area contributed by atoms with Gasteiger partial charge in [0, 0.05) is 18.4 Å². The Bertz CT molecular complexity index is 739. The zero-order chi connectivity index (χ0) is 15.2. The number of nitrogens with zero attached hydrogens (tertiary/aromatic N) is 2. The lowest BCUT2D eigenvalue weighted by Gasteiger charge is -1.96. The summed E-state index contributed by atoms with van der Waals surface area (Å²) in [6.07, 6.45) is 3.01. The van der Waals surface area contributed by atoms with E-state index in [2.05, 4.69) is 10.3 Å². The van der Waals surface area contributed by atoms with Gasteiger partial charge in [-0.2, -0.15) is 5.26 Å². The SMILES string of the molecule is CC(=O)c1csc(NC(=O)/C=C/c2ccc(C#N)cc2)n1. The zero-order valence-corrected chi connectivity index (χ0v) is 12.0. The number of benzene rings is 1. The Morgan fingerprint density at radius 1 is 1.33 bits per heavy atom. The average molecular weight is 297 g/mol. The molecule has 104 valence electrons. The largest absolute Gasteiger partial charge is 0.298 e. The second kappa shape index (κ2) is 6.59. The molecule has 0 aliphatic rings. The summed E-state index contributed by atoms with van der Waals surface area (Å²) in [7, 11) is 0. The molecule has 0 saturated heterocycles. The van der Waals surface area contributed by atoms with Crippen molar-refractivity contribution >= 4 is 34.2 Å². The Balaban J connectivity index is 1.98. The van der Waals surface area contributed by atoms with E-state index in [1.165, 1.54) is 24.3 Å². The molecule has 0 spiro atoms. The second-order valence-corrected chi connectivity index (χ2v) is 5.01. The van der Waals surface area contributed by atoms with E-state index in [0.29, 0.717) is 16.4 Å².